The van der Waals surface area contributed by atoms with E-state index in [-0.39, 0.29) is 13.0 Å². The Balaban J connectivity index is 2.21. The normalized spacial score (nSPS) is 12.3. The lowest BCUT2D eigenvalue weighted by molar-refractivity contribution is -0.139. The van der Waals surface area contributed by atoms with Gasteiger partial charge < -0.3 is 20.1 Å². The van der Waals surface area contributed by atoms with Gasteiger partial charge in [0.25, 0.3) is 5.91 Å². The van der Waals surface area contributed by atoms with Crippen molar-refractivity contribution in [3.63, 3.8) is 0 Å². The minimum absolute atomic E-state index is 0.218. The molecule has 0 aliphatic rings. The number of hydrogen-bond donors (Lipinski definition) is 3. The summed E-state index contributed by atoms with van der Waals surface area (Å²) in [7, 11) is 1.49. The molecule has 0 saturated carbocycles. The fourth-order valence-electron chi connectivity index (χ4n) is 2.45. The van der Waals surface area contributed by atoms with E-state index in [1.54, 1.807) is 6.07 Å². The summed E-state index contributed by atoms with van der Waals surface area (Å²) in [5, 5.41) is 12.6. The van der Waals surface area contributed by atoms with Gasteiger partial charge >= 0.3 is 5.97 Å². The zero-order valence-corrected chi connectivity index (χ0v) is 12.9. The molecule has 2 rings (SSSR count). The summed E-state index contributed by atoms with van der Waals surface area (Å²) in [6.45, 7) is 4.23. The lowest BCUT2D eigenvalue weighted by Crippen LogP contribution is -2.41. The Morgan fingerprint density at radius 1 is 1.32 bits per heavy atom. The number of carbonyl (C=O) groups excluding carboxylic acids is 1. The number of aliphatic carboxylic acids is 1. The second-order valence-electron chi connectivity index (χ2n) is 5.37. The molecule has 0 fully saturated rings. The molecule has 1 aromatic carbocycles. The Morgan fingerprint density at radius 3 is 2.68 bits per heavy atom. The minimum Gasteiger partial charge on any atom is -0.480 e. The van der Waals surface area contributed by atoms with Crippen LogP contribution in [0.2, 0.25) is 0 Å². The van der Waals surface area contributed by atoms with Crippen LogP contribution in [0, 0.1) is 13.8 Å². The standard InChI is InChI=1S/C16H20N2O4/c1-9-6-10(2)11-8-14(17-13(11)7-9)15(19)18-12(16(20)21)4-5-22-3/h6-8,12,17H,4-5H2,1-3H3,(H,18,19)(H,20,21). The number of aromatic nitrogens is 1. The van der Waals surface area contributed by atoms with Crippen LogP contribution in [0.4, 0.5) is 0 Å². The third-order valence-corrected chi connectivity index (χ3v) is 3.55. The van der Waals surface area contributed by atoms with Crippen molar-refractivity contribution in [1.29, 1.82) is 0 Å². The second-order valence-corrected chi connectivity index (χ2v) is 5.37. The number of rotatable bonds is 6. The number of ether oxygens (including phenoxy) is 1. The van der Waals surface area contributed by atoms with Crippen LogP contribution in [0.15, 0.2) is 18.2 Å². The Kier molecular flexibility index (Phi) is 4.82. The van der Waals surface area contributed by atoms with E-state index in [0.29, 0.717) is 5.69 Å². The number of amides is 1. The Morgan fingerprint density at radius 2 is 2.05 bits per heavy atom. The lowest BCUT2D eigenvalue weighted by atomic mass is 10.1. The molecule has 0 spiro atoms. The number of aryl methyl sites for hydroxylation is 2. The summed E-state index contributed by atoms with van der Waals surface area (Å²) in [5.74, 6) is -1.51. The molecule has 1 heterocycles. The van der Waals surface area contributed by atoms with Crippen LogP contribution in [0.5, 0.6) is 0 Å². The molecule has 118 valence electrons. The molecule has 6 nitrogen and oxygen atoms in total. The second kappa shape index (κ2) is 6.62. The summed E-state index contributed by atoms with van der Waals surface area (Å²) in [4.78, 5) is 26.4. The van der Waals surface area contributed by atoms with Crippen LogP contribution in [0.3, 0.4) is 0 Å². The number of hydrogen-bond acceptors (Lipinski definition) is 3. The molecule has 0 saturated heterocycles. The molecule has 1 unspecified atom stereocenters. The highest BCUT2D eigenvalue weighted by molar-refractivity contribution is 6.00. The van der Waals surface area contributed by atoms with Gasteiger partial charge in [-0.15, -0.1) is 0 Å². The van der Waals surface area contributed by atoms with Crippen LogP contribution < -0.4 is 5.32 Å². The first-order valence-corrected chi connectivity index (χ1v) is 7.05. The molecule has 0 bridgehead atoms. The van der Waals surface area contributed by atoms with Crippen molar-refractivity contribution >= 4 is 22.8 Å². The molecular formula is C16H20N2O4. The van der Waals surface area contributed by atoms with E-state index in [0.717, 1.165) is 22.0 Å². The van der Waals surface area contributed by atoms with E-state index in [4.69, 9.17) is 9.84 Å². The molecule has 1 amide bonds. The highest BCUT2D eigenvalue weighted by Crippen LogP contribution is 2.21. The number of fused-ring (bicyclic) bond motifs is 1. The monoisotopic (exact) mass is 304 g/mol. The van der Waals surface area contributed by atoms with E-state index in [9.17, 15) is 9.59 Å². The van der Waals surface area contributed by atoms with Gasteiger partial charge in [0, 0.05) is 31.0 Å². The fraction of sp³-hybridized carbons (Fsp3) is 0.375. The van der Waals surface area contributed by atoms with Crippen LogP contribution in [0.1, 0.15) is 28.0 Å². The molecule has 1 atom stereocenters. The number of benzene rings is 1. The van der Waals surface area contributed by atoms with Crippen molar-refractivity contribution in [3.05, 3.63) is 35.0 Å². The molecular weight excluding hydrogens is 284 g/mol. The zero-order valence-electron chi connectivity index (χ0n) is 12.9. The van der Waals surface area contributed by atoms with Crippen molar-refractivity contribution in [3.8, 4) is 0 Å². The zero-order chi connectivity index (χ0) is 16.3. The number of methoxy groups -OCH3 is 1. The van der Waals surface area contributed by atoms with Gasteiger partial charge in [0.05, 0.1) is 0 Å². The number of aromatic amines is 1. The van der Waals surface area contributed by atoms with Gasteiger partial charge in [0.1, 0.15) is 11.7 Å². The molecule has 1 aromatic heterocycles. The van der Waals surface area contributed by atoms with Crippen LogP contribution in [-0.2, 0) is 9.53 Å². The van der Waals surface area contributed by atoms with Gasteiger partial charge in [-0.1, -0.05) is 6.07 Å². The molecule has 6 heteroatoms. The summed E-state index contributed by atoms with van der Waals surface area (Å²) < 4.78 is 4.86. The average molecular weight is 304 g/mol. The average Bonchev–Trinajstić information content (AvgIpc) is 2.87. The fourth-order valence-corrected chi connectivity index (χ4v) is 2.45. The van der Waals surface area contributed by atoms with E-state index in [2.05, 4.69) is 10.3 Å². The summed E-state index contributed by atoms with van der Waals surface area (Å²) in [5.41, 5.74) is 3.39. The predicted molar refractivity (Wildman–Crippen MR) is 83.2 cm³/mol. The summed E-state index contributed by atoms with van der Waals surface area (Å²) in [6, 6.07) is 4.77. The van der Waals surface area contributed by atoms with Crippen molar-refractivity contribution in [2.75, 3.05) is 13.7 Å². The first-order chi connectivity index (χ1) is 10.4. The number of carbonyl (C=O) groups is 2. The topological polar surface area (TPSA) is 91.4 Å². The first kappa shape index (κ1) is 16.0. The predicted octanol–water partition coefficient (Wildman–Crippen LogP) is 2.00. The van der Waals surface area contributed by atoms with E-state index < -0.39 is 17.9 Å². The Hall–Kier alpha value is -2.34. The smallest absolute Gasteiger partial charge is 0.326 e. The van der Waals surface area contributed by atoms with Gasteiger partial charge in [0.15, 0.2) is 0 Å². The number of H-pyrrole nitrogens is 1. The lowest BCUT2D eigenvalue weighted by Gasteiger charge is -2.13. The number of carboxylic acid groups (broad SMARTS) is 1. The minimum atomic E-state index is -1.08. The quantitative estimate of drug-likeness (QED) is 0.761. The Labute approximate surface area is 128 Å². The van der Waals surface area contributed by atoms with Crippen molar-refractivity contribution in [1.82, 2.24) is 10.3 Å². The van der Waals surface area contributed by atoms with Gasteiger partial charge in [-0.2, -0.15) is 0 Å². The number of carboxylic acids is 1. The molecule has 0 aliphatic heterocycles. The van der Waals surface area contributed by atoms with Gasteiger partial charge in [-0.25, -0.2) is 4.79 Å². The SMILES string of the molecule is COCCC(NC(=O)c1cc2c(C)cc(C)cc2[nH]1)C(=O)O. The largest absolute Gasteiger partial charge is 0.480 e. The van der Waals surface area contributed by atoms with Gasteiger partial charge in [0.2, 0.25) is 0 Å². The van der Waals surface area contributed by atoms with Crippen LogP contribution in [0.25, 0.3) is 10.9 Å². The Bertz CT molecular complexity index is 705. The molecule has 0 radical (unpaired) electrons. The van der Waals surface area contributed by atoms with Gasteiger partial charge in [-0.05, 0) is 37.1 Å². The van der Waals surface area contributed by atoms with E-state index in [1.165, 1.54) is 7.11 Å². The van der Waals surface area contributed by atoms with Crippen LogP contribution in [-0.4, -0.2) is 41.7 Å². The molecule has 0 aliphatic carbocycles. The van der Waals surface area contributed by atoms with Crippen molar-refractivity contribution in [2.45, 2.75) is 26.3 Å². The van der Waals surface area contributed by atoms with Crippen molar-refractivity contribution < 1.29 is 19.4 Å². The van der Waals surface area contributed by atoms with E-state index >= 15 is 0 Å². The van der Waals surface area contributed by atoms with Crippen LogP contribution >= 0.6 is 0 Å². The first-order valence-electron chi connectivity index (χ1n) is 7.05. The molecule has 2 aromatic rings. The maximum Gasteiger partial charge on any atom is 0.326 e. The molecule has 3 N–H and O–H groups in total. The third kappa shape index (κ3) is 3.46. The summed E-state index contributed by atoms with van der Waals surface area (Å²) >= 11 is 0. The highest BCUT2D eigenvalue weighted by atomic mass is 16.5. The maximum atomic E-state index is 12.2. The third-order valence-electron chi connectivity index (χ3n) is 3.55. The van der Waals surface area contributed by atoms with Gasteiger partial charge in [-0.3, -0.25) is 4.79 Å². The molecule has 22 heavy (non-hydrogen) atoms. The summed E-state index contributed by atoms with van der Waals surface area (Å²) in [6.07, 6.45) is 0.218. The van der Waals surface area contributed by atoms with E-state index in [1.807, 2.05) is 26.0 Å². The van der Waals surface area contributed by atoms with Crippen molar-refractivity contribution in [2.24, 2.45) is 0 Å². The maximum absolute atomic E-state index is 12.2. The number of nitrogens with one attached hydrogen (secondary N) is 2. The highest BCUT2D eigenvalue weighted by Gasteiger charge is 2.21.